The number of hydrogen-bond acceptors (Lipinski definition) is 14. The van der Waals surface area contributed by atoms with Crippen LogP contribution in [0.15, 0.2) is 57.4 Å². The first kappa shape index (κ1) is 57.8. The lowest BCUT2D eigenvalue weighted by molar-refractivity contribution is -0.150. The van der Waals surface area contributed by atoms with Gasteiger partial charge in [0.15, 0.2) is 0 Å². The van der Waals surface area contributed by atoms with E-state index in [0.717, 1.165) is 58.2 Å². The summed E-state index contributed by atoms with van der Waals surface area (Å²) in [5, 5.41) is 49.0. The highest BCUT2D eigenvalue weighted by molar-refractivity contribution is 8.01. The number of aryl methyl sites for hydroxylation is 2. The number of thioether (sulfide) groups is 2. The van der Waals surface area contributed by atoms with Crippen molar-refractivity contribution in [1.82, 2.24) is 9.97 Å². The minimum absolute atomic E-state index is 0.00870. The fourth-order valence-corrected chi connectivity index (χ4v) is 12.2. The maximum absolute atomic E-state index is 12.8. The zero-order valence-electron chi connectivity index (χ0n) is 42.0. The zero-order valence-corrected chi connectivity index (χ0v) is 45.3. The molecule has 0 saturated carbocycles. The molecule has 0 amide bonds. The molecule has 0 saturated heterocycles. The molecule has 10 nitrogen and oxygen atoms in total. The van der Waals surface area contributed by atoms with Crippen LogP contribution in [0, 0.1) is 25.7 Å². The standard InChI is InChI=1S/C26H41NO4S2.C26H39NO4S2/c2*1-16-9-8-10-17(2)25(30)19(4)33-26(6,7)23(28)14-24(29)31-22(12-11-16)18(3)13-21-15-32-20(5)27-21/h11,13,15,17,19,22-23,25,28,30H,8-10,12,14H2,1-7H3;8,10-11,13,15,17,19,22-23,25,28,30H,9,12,14H2,1-7H3/b16-11-,18-13+;10-8-,16-11-,18-13+/t2*17-,19+,22-,23+,25-/m00/s1. The van der Waals surface area contributed by atoms with Crippen LogP contribution in [0.3, 0.4) is 0 Å². The molecule has 66 heavy (non-hydrogen) atoms. The van der Waals surface area contributed by atoms with E-state index < -0.39 is 58.1 Å². The SMILES string of the molecule is C/C1=C/C[C@@H](/C(C)=C/c2csc(C)n2)OC(=O)C[C@@H](O)C(C)(C)S[C@H](C)[C@@H](O)[C@@H](C)/C=C\C1.C/C1=C/C[C@@H](/C(C)=C/c2csc(C)n2)OC(=O)C[C@@H](O)C(C)(C)S[C@H](C)[C@@H](O)[C@@H](C)CCC1. The average Bonchev–Trinajstić information content (AvgIpc) is 3.84. The first-order valence-electron chi connectivity index (χ1n) is 23.4. The van der Waals surface area contributed by atoms with E-state index in [1.54, 1.807) is 22.7 Å². The summed E-state index contributed by atoms with van der Waals surface area (Å²) in [7, 11) is 0. The van der Waals surface area contributed by atoms with Gasteiger partial charge in [-0.2, -0.15) is 0 Å². The third-order valence-electron chi connectivity index (χ3n) is 12.4. The molecule has 370 valence electrons. The van der Waals surface area contributed by atoms with Gasteiger partial charge in [-0.1, -0.05) is 63.1 Å². The number of allylic oxidation sites excluding steroid dienone is 3. The fourth-order valence-electron chi connectivity index (χ4n) is 7.82. The number of cyclic esters (lactones) is 2. The van der Waals surface area contributed by atoms with Gasteiger partial charge in [-0.3, -0.25) is 9.59 Å². The van der Waals surface area contributed by atoms with Crippen LogP contribution in [0.1, 0.15) is 156 Å². The lowest BCUT2D eigenvalue weighted by Crippen LogP contribution is -2.40. The zero-order chi connectivity index (χ0) is 49.5. The maximum atomic E-state index is 12.8. The molecular formula is C52H80N2O8S4. The molecule has 2 aliphatic rings. The number of ether oxygens (including phenoxy) is 2. The molecule has 0 bridgehead atoms. The second kappa shape index (κ2) is 27.0. The van der Waals surface area contributed by atoms with Crippen molar-refractivity contribution >= 4 is 70.3 Å². The number of thiazole rings is 2. The van der Waals surface area contributed by atoms with Gasteiger partial charge < -0.3 is 29.9 Å². The van der Waals surface area contributed by atoms with Gasteiger partial charge in [0, 0.05) is 49.5 Å². The Morgan fingerprint density at radius 3 is 1.58 bits per heavy atom. The number of esters is 2. The van der Waals surface area contributed by atoms with E-state index in [2.05, 4.69) is 55.0 Å². The molecule has 10 atom stereocenters. The van der Waals surface area contributed by atoms with Gasteiger partial charge in [0.1, 0.15) is 12.2 Å². The second-order valence-corrected chi connectivity index (χ2v) is 25.7. The van der Waals surface area contributed by atoms with Crippen LogP contribution in [-0.2, 0) is 19.1 Å². The Labute approximate surface area is 413 Å². The Hall–Kier alpha value is -2.56. The molecular weight excluding hydrogens is 909 g/mol. The van der Waals surface area contributed by atoms with Crippen molar-refractivity contribution in [2.24, 2.45) is 11.8 Å². The number of aliphatic hydroxyl groups excluding tert-OH is 4. The van der Waals surface area contributed by atoms with Gasteiger partial charge in [0.2, 0.25) is 0 Å². The number of rotatable bonds is 4. The first-order chi connectivity index (χ1) is 30.8. The molecule has 0 aliphatic carbocycles. The number of aromatic nitrogens is 2. The molecule has 4 rings (SSSR count). The van der Waals surface area contributed by atoms with Gasteiger partial charge >= 0.3 is 11.9 Å². The van der Waals surface area contributed by atoms with E-state index in [4.69, 9.17) is 9.47 Å². The van der Waals surface area contributed by atoms with Crippen molar-refractivity contribution in [3.63, 3.8) is 0 Å². The molecule has 2 aliphatic heterocycles. The predicted molar refractivity (Wildman–Crippen MR) is 279 cm³/mol. The molecule has 0 unspecified atom stereocenters. The van der Waals surface area contributed by atoms with E-state index in [1.807, 2.05) is 99.1 Å². The summed E-state index contributed by atoms with van der Waals surface area (Å²) in [5.41, 5.74) is 6.02. The number of carbonyl (C=O) groups excluding carboxylic acids is 2. The Kier molecular flexibility index (Phi) is 23.6. The lowest BCUT2D eigenvalue weighted by atomic mass is 9.94. The summed E-state index contributed by atoms with van der Waals surface area (Å²) in [6, 6.07) is 0. The summed E-state index contributed by atoms with van der Waals surface area (Å²) < 4.78 is 10.5. The molecule has 14 heteroatoms. The largest absolute Gasteiger partial charge is 0.457 e. The van der Waals surface area contributed by atoms with Crippen LogP contribution in [0.2, 0.25) is 0 Å². The van der Waals surface area contributed by atoms with Gasteiger partial charge in [0.05, 0.1) is 58.7 Å². The highest BCUT2D eigenvalue weighted by atomic mass is 32.2. The minimum Gasteiger partial charge on any atom is -0.457 e. The molecule has 2 aromatic heterocycles. The maximum Gasteiger partial charge on any atom is 0.309 e. The summed E-state index contributed by atoms with van der Waals surface area (Å²) in [5.74, 6) is -0.678. The van der Waals surface area contributed by atoms with E-state index in [-0.39, 0.29) is 35.2 Å². The first-order valence-corrected chi connectivity index (χ1v) is 26.9. The van der Waals surface area contributed by atoms with Crippen LogP contribution >= 0.6 is 46.2 Å². The Morgan fingerprint density at radius 2 is 1.14 bits per heavy atom. The second-order valence-electron chi connectivity index (χ2n) is 19.5. The lowest BCUT2D eigenvalue weighted by Gasteiger charge is -2.35. The molecule has 2 aromatic rings. The highest BCUT2D eigenvalue weighted by Gasteiger charge is 2.37. The topological polar surface area (TPSA) is 159 Å². The quantitative estimate of drug-likeness (QED) is 0.170. The van der Waals surface area contributed by atoms with Gasteiger partial charge in [-0.15, -0.1) is 46.2 Å². The van der Waals surface area contributed by atoms with Crippen molar-refractivity contribution in [2.75, 3.05) is 0 Å². The Balaban J connectivity index is 0.000000350. The van der Waals surface area contributed by atoms with Gasteiger partial charge in [0.25, 0.3) is 0 Å². The van der Waals surface area contributed by atoms with Crippen molar-refractivity contribution in [3.8, 4) is 0 Å². The number of hydrogen-bond donors (Lipinski definition) is 4. The summed E-state index contributed by atoms with van der Waals surface area (Å²) in [4.78, 5) is 34.6. The van der Waals surface area contributed by atoms with Gasteiger partial charge in [-0.05, 0) is 124 Å². The Bertz CT molecular complexity index is 2010. The number of aliphatic hydroxyl groups is 4. The molecule has 0 aromatic carbocycles. The summed E-state index contributed by atoms with van der Waals surface area (Å²) >= 11 is 6.21. The highest BCUT2D eigenvalue weighted by Crippen LogP contribution is 2.38. The summed E-state index contributed by atoms with van der Waals surface area (Å²) in [6.45, 7) is 27.7. The minimum atomic E-state index is -0.896. The fraction of sp³-hybridized carbons (Fsp3) is 0.654. The Morgan fingerprint density at radius 1 is 0.697 bits per heavy atom. The van der Waals surface area contributed by atoms with Crippen LogP contribution in [0.5, 0.6) is 0 Å². The molecule has 0 spiro atoms. The third-order valence-corrected chi connectivity index (χ3v) is 17.1. The van der Waals surface area contributed by atoms with Crippen LogP contribution in [0.25, 0.3) is 12.2 Å². The van der Waals surface area contributed by atoms with Gasteiger partial charge in [-0.25, -0.2) is 9.97 Å². The van der Waals surface area contributed by atoms with E-state index >= 15 is 0 Å². The number of nitrogens with zero attached hydrogens (tertiary/aromatic N) is 2. The van der Waals surface area contributed by atoms with Crippen molar-refractivity contribution in [1.29, 1.82) is 0 Å². The van der Waals surface area contributed by atoms with E-state index in [9.17, 15) is 30.0 Å². The predicted octanol–water partition coefficient (Wildman–Crippen LogP) is 11.6. The monoisotopic (exact) mass is 988 g/mol. The van der Waals surface area contributed by atoms with Crippen molar-refractivity contribution in [2.45, 2.75) is 205 Å². The summed E-state index contributed by atoms with van der Waals surface area (Å²) in [6.07, 6.45) is 13.4. The van der Waals surface area contributed by atoms with Crippen molar-refractivity contribution < 1.29 is 39.5 Å². The average molecular weight is 989 g/mol. The normalized spacial score (nSPS) is 32.9. The smallest absolute Gasteiger partial charge is 0.309 e. The molecule has 0 fully saturated rings. The van der Waals surface area contributed by atoms with Crippen LogP contribution in [-0.4, -0.2) is 99.0 Å². The number of carbonyl (C=O) groups is 2. The van der Waals surface area contributed by atoms with Crippen LogP contribution < -0.4 is 0 Å². The van der Waals surface area contributed by atoms with E-state index in [0.29, 0.717) is 12.8 Å². The molecule has 0 radical (unpaired) electrons. The van der Waals surface area contributed by atoms with Crippen LogP contribution in [0.4, 0.5) is 0 Å². The van der Waals surface area contributed by atoms with Crippen molar-refractivity contribution in [3.05, 3.63) is 78.8 Å². The third kappa shape index (κ3) is 19.4. The molecule has 4 heterocycles. The van der Waals surface area contributed by atoms with E-state index in [1.165, 1.54) is 34.7 Å². The molecule has 4 N–H and O–H groups in total.